The van der Waals surface area contributed by atoms with Crippen LogP contribution in [0.3, 0.4) is 0 Å². The second-order valence-electron chi connectivity index (χ2n) is 7.11. The zero-order valence-corrected chi connectivity index (χ0v) is 19.3. The molecular weight excluding hydrogens is 466 g/mol. The zero-order chi connectivity index (χ0) is 22.6. The van der Waals surface area contributed by atoms with Gasteiger partial charge in [-0.1, -0.05) is 60.1 Å². The van der Waals surface area contributed by atoms with Gasteiger partial charge >= 0.3 is 0 Å². The van der Waals surface area contributed by atoms with Gasteiger partial charge < -0.3 is 9.47 Å². The Bertz CT molecular complexity index is 1210. The third-order valence-corrected chi connectivity index (χ3v) is 7.28. The van der Waals surface area contributed by atoms with Gasteiger partial charge in [0.2, 0.25) is 0 Å². The molecule has 1 aliphatic rings. The van der Waals surface area contributed by atoms with Gasteiger partial charge in [-0.2, -0.15) is 0 Å². The number of benzene rings is 3. The summed E-state index contributed by atoms with van der Waals surface area (Å²) in [5, 5.41) is 0.578. The Morgan fingerprint density at radius 3 is 2.41 bits per heavy atom. The molecule has 4 rings (SSSR count). The van der Waals surface area contributed by atoms with Gasteiger partial charge in [0.1, 0.15) is 18.5 Å². The van der Waals surface area contributed by atoms with Crippen molar-refractivity contribution in [3.8, 4) is 5.75 Å². The molecule has 0 aliphatic carbocycles. The molecule has 1 atom stereocenters. The second-order valence-corrected chi connectivity index (χ2v) is 9.76. The highest BCUT2D eigenvalue weighted by molar-refractivity contribution is 7.91. The predicted octanol–water partition coefficient (Wildman–Crippen LogP) is 5.31. The first-order chi connectivity index (χ1) is 15.4. The van der Waals surface area contributed by atoms with E-state index in [1.54, 1.807) is 30.3 Å². The van der Waals surface area contributed by atoms with Crippen LogP contribution in [0.4, 0.5) is 0 Å². The summed E-state index contributed by atoms with van der Waals surface area (Å²) in [4.78, 5) is 0.123. The monoisotopic (exact) mass is 485 g/mol. The van der Waals surface area contributed by atoms with Crippen molar-refractivity contribution < 1.29 is 17.9 Å². The molecule has 1 unspecified atom stereocenters. The van der Waals surface area contributed by atoms with Crippen LogP contribution in [0, 0.1) is 0 Å². The summed E-state index contributed by atoms with van der Waals surface area (Å²) in [5.74, 6) is 0.580. The number of nitrogens with zero attached hydrogens (tertiary/aromatic N) is 1. The fourth-order valence-electron chi connectivity index (χ4n) is 3.13. The second kappa shape index (κ2) is 9.73. The molecule has 5 nitrogen and oxygen atoms in total. The largest absolute Gasteiger partial charge is 0.489 e. The maximum atomic E-state index is 13.1. The molecule has 1 saturated heterocycles. The van der Waals surface area contributed by atoms with Crippen LogP contribution in [0.2, 0.25) is 5.02 Å². The minimum atomic E-state index is -3.83. The van der Waals surface area contributed by atoms with Gasteiger partial charge in [-0.15, -0.1) is 0 Å². The SMILES string of the molecule is O=S(=O)(c1ccc(OCc2ccccc2)cc1)N1CC(/C=C/c2ccc(Cl)cc2)OC1=S. The molecule has 3 aromatic carbocycles. The van der Waals surface area contributed by atoms with Crippen LogP contribution in [-0.2, 0) is 21.4 Å². The summed E-state index contributed by atoms with van der Waals surface area (Å²) in [7, 11) is -3.83. The number of halogens is 1. The van der Waals surface area contributed by atoms with Gasteiger partial charge in [0.05, 0.1) is 11.4 Å². The average molecular weight is 486 g/mol. The molecule has 0 bridgehead atoms. The van der Waals surface area contributed by atoms with E-state index in [2.05, 4.69) is 0 Å². The number of ether oxygens (including phenoxy) is 2. The van der Waals surface area contributed by atoms with Crippen molar-refractivity contribution in [2.75, 3.05) is 6.54 Å². The van der Waals surface area contributed by atoms with Crippen LogP contribution in [-0.4, -0.2) is 30.5 Å². The molecule has 0 amide bonds. The summed E-state index contributed by atoms with van der Waals surface area (Å²) < 4.78 is 38.6. The van der Waals surface area contributed by atoms with Crippen molar-refractivity contribution in [3.05, 3.63) is 101 Å². The lowest BCUT2D eigenvalue weighted by Crippen LogP contribution is -2.32. The summed E-state index contributed by atoms with van der Waals surface area (Å²) in [6, 6.07) is 23.3. The Balaban J connectivity index is 1.41. The molecule has 164 valence electrons. The summed E-state index contributed by atoms with van der Waals surface area (Å²) in [6.45, 7) is 0.510. The van der Waals surface area contributed by atoms with Crippen molar-refractivity contribution >= 4 is 45.1 Å². The number of hydrogen-bond acceptors (Lipinski definition) is 5. The van der Waals surface area contributed by atoms with E-state index in [-0.39, 0.29) is 16.6 Å². The molecule has 0 aromatic heterocycles. The van der Waals surface area contributed by atoms with E-state index >= 15 is 0 Å². The Morgan fingerprint density at radius 2 is 1.72 bits per heavy atom. The fraction of sp³-hybridized carbons (Fsp3) is 0.125. The Hall–Kier alpha value is -2.87. The standard InChI is InChI=1S/C24H20ClNO4S2/c25-20-9-6-18(7-10-20)8-11-22-16-26(24(31)30-22)32(27,28)23-14-12-21(13-15-23)29-17-19-4-2-1-3-5-19/h1-15,22H,16-17H2/b11-8+. The zero-order valence-electron chi connectivity index (χ0n) is 16.9. The Morgan fingerprint density at radius 1 is 1.03 bits per heavy atom. The van der Waals surface area contributed by atoms with Gasteiger partial charge in [0.15, 0.2) is 0 Å². The molecule has 0 N–H and O–H groups in total. The molecule has 1 heterocycles. The van der Waals surface area contributed by atoms with E-state index in [1.165, 1.54) is 12.1 Å². The molecule has 1 aliphatic heterocycles. The van der Waals surface area contributed by atoms with E-state index < -0.39 is 16.1 Å². The van der Waals surface area contributed by atoms with Crippen LogP contribution in [0.1, 0.15) is 11.1 Å². The van der Waals surface area contributed by atoms with Gasteiger partial charge in [-0.25, -0.2) is 12.7 Å². The topological polar surface area (TPSA) is 55.8 Å². The van der Waals surface area contributed by atoms with E-state index in [0.29, 0.717) is 17.4 Å². The molecule has 0 radical (unpaired) electrons. The quantitative estimate of drug-likeness (QED) is 0.425. The first kappa shape index (κ1) is 22.3. The molecule has 0 spiro atoms. The van der Waals surface area contributed by atoms with Gasteiger partial charge in [-0.3, -0.25) is 0 Å². The number of hydrogen-bond donors (Lipinski definition) is 0. The summed E-state index contributed by atoms with van der Waals surface area (Å²) in [5.41, 5.74) is 1.96. The lowest BCUT2D eigenvalue weighted by Gasteiger charge is -2.15. The van der Waals surface area contributed by atoms with E-state index in [1.807, 2.05) is 48.5 Å². The van der Waals surface area contributed by atoms with Gasteiger partial charge in [-0.05, 0) is 65.8 Å². The van der Waals surface area contributed by atoms with E-state index in [9.17, 15) is 8.42 Å². The number of rotatable bonds is 7. The first-order valence-electron chi connectivity index (χ1n) is 9.86. The minimum absolute atomic E-state index is 0.0693. The van der Waals surface area contributed by atoms with Crippen molar-refractivity contribution in [2.45, 2.75) is 17.6 Å². The van der Waals surface area contributed by atoms with Crippen molar-refractivity contribution in [1.29, 1.82) is 0 Å². The summed E-state index contributed by atoms with van der Waals surface area (Å²) >= 11 is 11.1. The first-order valence-corrected chi connectivity index (χ1v) is 12.1. The maximum absolute atomic E-state index is 13.1. The average Bonchev–Trinajstić information content (AvgIpc) is 3.19. The van der Waals surface area contributed by atoms with Crippen molar-refractivity contribution in [2.24, 2.45) is 0 Å². The fourth-order valence-corrected chi connectivity index (χ4v) is 5.06. The molecule has 32 heavy (non-hydrogen) atoms. The van der Waals surface area contributed by atoms with Crippen LogP contribution >= 0.6 is 23.8 Å². The van der Waals surface area contributed by atoms with Crippen LogP contribution in [0.15, 0.2) is 89.8 Å². The minimum Gasteiger partial charge on any atom is -0.489 e. The maximum Gasteiger partial charge on any atom is 0.274 e. The van der Waals surface area contributed by atoms with E-state index in [4.69, 9.17) is 33.3 Å². The molecule has 0 saturated carbocycles. The van der Waals surface area contributed by atoms with Crippen LogP contribution in [0.5, 0.6) is 5.75 Å². The lowest BCUT2D eigenvalue weighted by molar-refractivity contribution is 0.287. The highest BCUT2D eigenvalue weighted by Crippen LogP contribution is 2.25. The number of thiocarbonyl (C=S) groups is 1. The van der Waals surface area contributed by atoms with E-state index in [0.717, 1.165) is 15.4 Å². The summed E-state index contributed by atoms with van der Waals surface area (Å²) in [6.07, 6.45) is 3.16. The van der Waals surface area contributed by atoms with Crippen LogP contribution in [0.25, 0.3) is 6.08 Å². The normalized spacial score (nSPS) is 16.3. The Labute approximate surface area is 197 Å². The lowest BCUT2D eigenvalue weighted by atomic mass is 10.2. The van der Waals surface area contributed by atoms with Gasteiger partial charge in [0, 0.05) is 5.02 Å². The number of sulfonamides is 1. The van der Waals surface area contributed by atoms with Crippen molar-refractivity contribution in [3.63, 3.8) is 0 Å². The third-order valence-electron chi connectivity index (χ3n) is 4.83. The smallest absolute Gasteiger partial charge is 0.274 e. The molecule has 1 fully saturated rings. The highest BCUT2D eigenvalue weighted by atomic mass is 35.5. The molecule has 8 heteroatoms. The third kappa shape index (κ3) is 5.30. The Kier molecular flexibility index (Phi) is 6.79. The molecule has 3 aromatic rings. The highest BCUT2D eigenvalue weighted by Gasteiger charge is 2.36. The van der Waals surface area contributed by atoms with Gasteiger partial charge in [0.25, 0.3) is 15.2 Å². The van der Waals surface area contributed by atoms with Crippen molar-refractivity contribution in [1.82, 2.24) is 4.31 Å². The predicted molar refractivity (Wildman–Crippen MR) is 129 cm³/mol. The molecular formula is C24H20ClNO4S2. The van der Waals surface area contributed by atoms with Crippen LogP contribution < -0.4 is 4.74 Å².